The summed E-state index contributed by atoms with van der Waals surface area (Å²) in [5.74, 6) is 0. The van der Waals surface area contributed by atoms with Gasteiger partial charge in [0.2, 0.25) is 0 Å². The van der Waals surface area contributed by atoms with Gasteiger partial charge in [0.05, 0.1) is 11.5 Å². The number of piperazine rings is 1. The van der Waals surface area contributed by atoms with E-state index in [9.17, 15) is 0 Å². The normalized spacial score (nSPS) is 21.9. The third-order valence-electron chi connectivity index (χ3n) is 3.87. The minimum absolute atomic E-state index is 0.151. The Morgan fingerprint density at radius 1 is 1.12 bits per heavy atom. The molecule has 0 bridgehead atoms. The largest absolute Gasteiger partial charge is 0.369 e. The Morgan fingerprint density at radius 2 is 1.76 bits per heavy atom. The smallest absolute Gasteiger partial charge is 0.0823 e. The zero-order valence-electron chi connectivity index (χ0n) is 9.95. The number of hydrogen-bond acceptors (Lipinski definition) is 3. The van der Waals surface area contributed by atoms with Crippen molar-refractivity contribution in [2.75, 3.05) is 31.1 Å². The maximum absolute atomic E-state index is 9.16. The Hall–Kier alpha value is -1.53. The van der Waals surface area contributed by atoms with Gasteiger partial charge in [0, 0.05) is 31.9 Å². The van der Waals surface area contributed by atoms with Crippen LogP contribution >= 0.6 is 0 Å². The fourth-order valence-corrected chi connectivity index (χ4v) is 2.50. The topological polar surface area (TPSA) is 39.1 Å². The van der Waals surface area contributed by atoms with Gasteiger partial charge in [-0.3, -0.25) is 0 Å². The van der Waals surface area contributed by atoms with Crippen molar-refractivity contribution in [1.29, 1.82) is 5.26 Å². The Balaban J connectivity index is 1.78. The van der Waals surface area contributed by atoms with E-state index >= 15 is 0 Å². The number of nitrogens with zero attached hydrogens (tertiary/aromatic N) is 2. The van der Waals surface area contributed by atoms with Crippen LogP contribution in [0, 0.1) is 11.3 Å². The summed E-state index contributed by atoms with van der Waals surface area (Å²) in [7, 11) is 0. The lowest BCUT2D eigenvalue weighted by atomic mass is 9.97. The molecule has 2 fully saturated rings. The first-order chi connectivity index (χ1) is 8.34. The van der Waals surface area contributed by atoms with E-state index in [1.165, 1.54) is 11.3 Å². The average molecular weight is 227 g/mol. The van der Waals surface area contributed by atoms with Gasteiger partial charge in [-0.1, -0.05) is 12.1 Å². The molecule has 0 aromatic heterocycles. The van der Waals surface area contributed by atoms with E-state index in [0.29, 0.717) is 0 Å². The van der Waals surface area contributed by atoms with E-state index in [0.717, 1.165) is 39.0 Å². The number of anilines is 1. The maximum atomic E-state index is 9.16. The first-order valence-corrected chi connectivity index (χ1v) is 6.32. The van der Waals surface area contributed by atoms with E-state index < -0.39 is 0 Å². The van der Waals surface area contributed by atoms with Crippen LogP contribution in [-0.2, 0) is 5.41 Å². The van der Waals surface area contributed by atoms with Gasteiger partial charge in [-0.15, -0.1) is 0 Å². The average Bonchev–Trinajstić information content (AvgIpc) is 3.21. The van der Waals surface area contributed by atoms with Crippen molar-refractivity contribution in [1.82, 2.24) is 5.32 Å². The fraction of sp³-hybridized carbons (Fsp3) is 0.500. The van der Waals surface area contributed by atoms with Gasteiger partial charge < -0.3 is 10.2 Å². The molecule has 1 saturated heterocycles. The highest BCUT2D eigenvalue weighted by Crippen LogP contribution is 2.47. The summed E-state index contributed by atoms with van der Waals surface area (Å²) >= 11 is 0. The number of rotatable bonds is 2. The van der Waals surface area contributed by atoms with Gasteiger partial charge in [-0.25, -0.2) is 0 Å². The lowest BCUT2D eigenvalue weighted by Gasteiger charge is -2.29. The molecule has 88 valence electrons. The molecular formula is C14H17N3. The second-order valence-electron chi connectivity index (χ2n) is 4.98. The van der Waals surface area contributed by atoms with E-state index in [1.54, 1.807) is 0 Å². The van der Waals surface area contributed by atoms with Crippen LogP contribution in [0.15, 0.2) is 24.3 Å². The zero-order chi connectivity index (χ0) is 11.7. The minimum Gasteiger partial charge on any atom is -0.369 e. The zero-order valence-corrected chi connectivity index (χ0v) is 9.95. The molecular weight excluding hydrogens is 210 g/mol. The van der Waals surface area contributed by atoms with Crippen LogP contribution in [0.3, 0.4) is 0 Å². The van der Waals surface area contributed by atoms with Crippen LogP contribution < -0.4 is 10.2 Å². The first kappa shape index (κ1) is 10.6. The molecule has 17 heavy (non-hydrogen) atoms. The molecule has 3 nitrogen and oxygen atoms in total. The van der Waals surface area contributed by atoms with Gasteiger partial charge in [0.25, 0.3) is 0 Å². The maximum Gasteiger partial charge on any atom is 0.0823 e. The van der Waals surface area contributed by atoms with Crippen molar-refractivity contribution in [3.8, 4) is 6.07 Å². The third-order valence-corrected chi connectivity index (χ3v) is 3.87. The Bertz CT molecular complexity index is 434. The highest BCUT2D eigenvalue weighted by atomic mass is 15.2. The van der Waals surface area contributed by atoms with E-state index in [1.807, 2.05) is 0 Å². The number of nitriles is 1. The van der Waals surface area contributed by atoms with Crippen molar-refractivity contribution >= 4 is 5.69 Å². The molecule has 0 atom stereocenters. The molecule has 1 saturated carbocycles. The molecule has 1 N–H and O–H groups in total. The van der Waals surface area contributed by atoms with Crippen molar-refractivity contribution in [3.05, 3.63) is 29.8 Å². The van der Waals surface area contributed by atoms with Gasteiger partial charge in [-0.05, 0) is 30.5 Å². The molecule has 1 aromatic carbocycles. The summed E-state index contributed by atoms with van der Waals surface area (Å²) in [5, 5.41) is 12.5. The summed E-state index contributed by atoms with van der Waals surface area (Å²) in [5.41, 5.74) is 2.32. The molecule has 1 aromatic rings. The number of benzene rings is 1. The lowest BCUT2D eigenvalue weighted by molar-refractivity contribution is 0.589. The molecule has 3 heteroatoms. The third kappa shape index (κ3) is 1.89. The summed E-state index contributed by atoms with van der Waals surface area (Å²) in [4.78, 5) is 2.40. The molecule has 0 spiro atoms. The van der Waals surface area contributed by atoms with Crippen molar-refractivity contribution < 1.29 is 0 Å². The SMILES string of the molecule is N#CC1(c2ccc(N3CCNCC3)cc2)CC1. The Kier molecular flexibility index (Phi) is 2.53. The van der Waals surface area contributed by atoms with Crippen LogP contribution in [0.25, 0.3) is 0 Å². The van der Waals surface area contributed by atoms with E-state index in [-0.39, 0.29) is 5.41 Å². The molecule has 3 rings (SSSR count). The molecule has 0 amide bonds. The second-order valence-corrected chi connectivity index (χ2v) is 4.98. The summed E-state index contributed by atoms with van der Waals surface area (Å²) < 4.78 is 0. The number of nitrogens with one attached hydrogen (secondary N) is 1. The molecule has 1 aliphatic carbocycles. The molecule has 0 unspecified atom stereocenters. The van der Waals surface area contributed by atoms with Crippen LogP contribution in [0.4, 0.5) is 5.69 Å². The predicted molar refractivity (Wildman–Crippen MR) is 68.0 cm³/mol. The van der Waals surface area contributed by atoms with Crippen LogP contribution in [0.1, 0.15) is 18.4 Å². The van der Waals surface area contributed by atoms with Crippen LogP contribution in [0.2, 0.25) is 0 Å². The molecule has 1 aliphatic heterocycles. The van der Waals surface area contributed by atoms with Gasteiger partial charge in [0.1, 0.15) is 0 Å². The van der Waals surface area contributed by atoms with Gasteiger partial charge in [-0.2, -0.15) is 5.26 Å². The first-order valence-electron chi connectivity index (χ1n) is 6.32. The Labute approximate surface area is 102 Å². The van der Waals surface area contributed by atoms with Crippen molar-refractivity contribution in [2.45, 2.75) is 18.3 Å². The van der Waals surface area contributed by atoms with E-state index in [2.05, 4.69) is 40.6 Å². The fourth-order valence-electron chi connectivity index (χ4n) is 2.50. The highest BCUT2D eigenvalue weighted by molar-refractivity contribution is 5.51. The van der Waals surface area contributed by atoms with Crippen molar-refractivity contribution in [2.24, 2.45) is 0 Å². The summed E-state index contributed by atoms with van der Waals surface area (Å²) in [6.07, 6.45) is 2.05. The molecule has 1 heterocycles. The predicted octanol–water partition coefficient (Wildman–Crippen LogP) is 1.65. The minimum atomic E-state index is -0.151. The van der Waals surface area contributed by atoms with Gasteiger partial charge >= 0.3 is 0 Å². The monoisotopic (exact) mass is 227 g/mol. The van der Waals surface area contributed by atoms with E-state index in [4.69, 9.17) is 5.26 Å². The quantitative estimate of drug-likeness (QED) is 0.835. The number of hydrogen-bond donors (Lipinski definition) is 1. The molecule has 2 aliphatic rings. The highest BCUT2D eigenvalue weighted by Gasteiger charge is 2.44. The Morgan fingerprint density at radius 3 is 2.29 bits per heavy atom. The van der Waals surface area contributed by atoms with Crippen LogP contribution in [-0.4, -0.2) is 26.2 Å². The molecule has 0 radical (unpaired) electrons. The van der Waals surface area contributed by atoms with Crippen molar-refractivity contribution in [3.63, 3.8) is 0 Å². The standard InChI is InChI=1S/C14H17N3/c15-11-14(5-6-14)12-1-3-13(4-2-12)17-9-7-16-8-10-17/h1-4,16H,5-10H2. The lowest BCUT2D eigenvalue weighted by Crippen LogP contribution is -2.43. The summed E-state index contributed by atoms with van der Waals surface area (Å²) in [6, 6.07) is 11.0. The van der Waals surface area contributed by atoms with Crippen LogP contribution in [0.5, 0.6) is 0 Å². The second kappa shape index (κ2) is 4.05. The van der Waals surface area contributed by atoms with Gasteiger partial charge in [0.15, 0.2) is 0 Å². The summed E-state index contributed by atoms with van der Waals surface area (Å²) in [6.45, 7) is 4.26.